The van der Waals surface area contributed by atoms with E-state index >= 15 is 0 Å². The standard InChI is InChI=1S/C21H16BrN5O4/c1-12(28)26-10-16(15-8-7-14(22)9-17(15)26)19(24-25-23)20(29)27-18(11-31-21(27)30)13-5-3-2-4-6-13/h2-10,18-19H,11H2,1H3/t18-,19+/m0/s1. The second-order valence-electron chi connectivity index (χ2n) is 6.95. The number of imide groups is 1. The van der Waals surface area contributed by atoms with Gasteiger partial charge in [-0.15, -0.1) is 0 Å². The summed E-state index contributed by atoms with van der Waals surface area (Å²) in [4.78, 5) is 41.9. The molecule has 0 saturated carbocycles. The lowest BCUT2D eigenvalue weighted by molar-refractivity contribution is -0.130. The third-order valence-electron chi connectivity index (χ3n) is 5.13. The monoisotopic (exact) mass is 481 g/mol. The summed E-state index contributed by atoms with van der Waals surface area (Å²) >= 11 is 3.37. The summed E-state index contributed by atoms with van der Waals surface area (Å²) in [5.74, 6) is -0.996. The van der Waals surface area contributed by atoms with Crippen LogP contribution >= 0.6 is 15.9 Å². The highest BCUT2D eigenvalue weighted by Gasteiger charge is 2.42. The van der Waals surface area contributed by atoms with Gasteiger partial charge in [0.1, 0.15) is 18.7 Å². The lowest BCUT2D eigenvalue weighted by Crippen LogP contribution is -2.37. The predicted octanol–water partition coefficient (Wildman–Crippen LogP) is 5.14. The fourth-order valence-electron chi connectivity index (χ4n) is 3.72. The molecule has 10 heteroatoms. The van der Waals surface area contributed by atoms with Crippen LogP contribution in [0.25, 0.3) is 21.3 Å². The van der Waals surface area contributed by atoms with E-state index < -0.39 is 24.1 Å². The largest absolute Gasteiger partial charge is 0.446 e. The fraction of sp³-hybridized carbons (Fsp3) is 0.190. The lowest BCUT2D eigenvalue weighted by Gasteiger charge is -2.22. The van der Waals surface area contributed by atoms with Crippen LogP contribution < -0.4 is 0 Å². The molecule has 0 unspecified atom stereocenters. The minimum absolute atomic E-state index is 0.000271. The van der Waals surface area contributed by atoms with Gasteiger partial charge in [-0.3, -0.25) is 14.2 Å². The maximum absolute atomic E-state index is 13.5. The van der Waals surface area contributed by atoms with Gasteiger partial charge in [0.05, 0.1) is 5.52 Å². The van der Waals surface area contributed by atoms with Crippen LogP contribution in [0.3, 0.4) is 0 Å². The molecule has 1 aromatic heterocycles. The number of halogens is 1. The Labute approximate surface area is 184 Å². The third kappa shape index (κ3) is 3.67. The Balaban J connectivity index is 1.83. The van der Waals surface area contributed by atoms with E-state index in [1.165, 1.54) is 17.7 Å². The quantitative estimate of drug-likeness (QED) is 0.291. The van der Waals surface area contributed by atoms with Crippen LogP contribution in [-0.2, 0) is 9.53 Å². The number of cyclic esters (lactones) is 1. The molecule has 2 atom stereocenters. The number of azide groups is 1. The molecule has 0 spiro atoms. The second-order valence-corrected chi connectivity index (χ2v) is 7.87. The number of benzene rings is 2. The molecule has 2 amide bonds. The number of hydrogen-bond acceptors (Lipinski definition) is 5. The van der Waals surface area contributed by atoms with Crippen LogP contribution in [0.15, 0.2) is 64.3 Å². The molecule has 1 saturated heterocycles. The first kappa shape index (κ1) is 20.6. The molecule has 2 heterocycles. The van der Waals surface area contributed by atoms with Crippen molar-refractivity contribution in [2.45, 2.75) is 19.0 Å². The van der Waals surface area contributed by atoms with Gasteiger partial charge >= 0.3 is 6.09 Å². The van der Waals surface area contributed by atoms with Gasteiger partial charge in [0.15, 0.2) is 0 Å². The maximum atomic E-state index is 13.5. The first-order chi connectivity index (χ1) is 14.9. The van der Waals surface area contributed by atoms with Crippen LogP contribution in [0, 0.1) is 0 Å². The molecular weight excluding hydrogens is 466 g/mol. The molecule has 0 bridgehead atoms. The predicted molar refractivity (Wildman–Crippen MR) is 115 cm³/mol. The number of nitrogens with zero attached hydrogens (tertiary/aromatic N) is 5. The fourth-order valence-corrected chi connectivity index (χ4v) is 4.07. The van der Waals surface area contributed by atoms with Gasteiger partial charge in [-0.1, -0.05) is 57.4 Å². The van der Waals surface area contributed by atoms with E-state index in [0.717, 1.165) is 14.9 Å². The molecule has 1 aliphatic rings. The topological polar surface area (TPSA) is 117 Å². The van der Waals surface area contributed by atoms with Crippen LogP contribution in [0.1, 0.15) is 34.9 Å². The van der Waals surface area contributed by atoms with Crippen molar-refractivity contribution in [3.63, 3.8) is 0 Å². The van der Waals surface area contributed by atoms with Crippen molar-refractivity contribution in [1.29, 1.82) is 0 Å². The van der Waals surface area contributed by atoms with Gasteiger partial charge in [0.2, 0.25) is 11.8 Å². The van der Waals surface area contributed by atoms with E-state index in [9.17, 15) is 14.4 Å². The van der Waals surface area contributed by atoms with Crippen molar-refractivity contribution in [2.75, 3.05) is 6.61 Å². The maximum Gasteiger partial charge on any atom is 0.417 e. The van der Waals surface area contributed by atoms with Crippen molar-refractivity contribution < 1.29 is 19.1 Å². The van der Waals surface area contributed by atoms with Crippen LogP contribution in [-0.4, -0.2) is 34.0 Å². The summed E-state index contributed by atoms with van der Waals surface area (Å²) < 4.78 is 7.25. The second kappa shape index (κ2) is 8.25. The minimum Gasteiger partial charge on any atom is -0.446 e. The lowest BCUT2D eigenvalue weighted by atomic mass is 10.0. The van der Waals surface area contributed by atoms with Crippen molar-refractivity contribution in [3.8, 4) is 0 Å². The first-order valence-corrected chi connectivity index (χ1v) is 10.1. The molecular formula is C21H16BrN5O4. The zero-order valence-corrected chi connectivity index (χ0v) is 17.9. The number of ether oxygens (including phenoxy) is 1. The SMILES string of the molecule is CC(=O)n1cc([C@@H](N=[N+]=[N-])C(=O)N2C(=O)OC[C@H]2c2ccccc2)c2ccc(Br)cc21. The zero-order chi connectivity index (χ0) is 22.1. The van der Waals surface area contributed by atoms with E-state index in [1.54, 1.807) is 42.5 Å². The van der Waals surface area contributed by atoms with Gasteiger partial charge < -0.3 is 4.74 Å². The molecule has 2 aromatic carbocycles. The highest BCUT2D eigenvalue weighted by molar-refractivity contribution is 9.10. The summed E-state index contributed by atoms with van der Waals surface area (Å²) in [7, 11) is 0. The smallest absolute Gasteiger partial charge is 0.417 e. The number of fused-ring (bicyclic) bond motifs is 1. The van der Waals surface area contributed by atoms with Crippen molar-refractivity contribution in [1.82, 2.24) is 9.47 Å². The van der Waals surface area contributed by atoms with Crippen molar-refractivity contribution in [3.05, 3.63) is 80.8 Å². The van der Waals surface area contributed by atoms with E-state index in [1.807, 2.05) is 6.07 Å². The molecule has 0 aliphatic carbocycles. The molecule has 4 rings (SSSR count). The molecule has 3 aromatic rings. The Morgan fingerprint density at radius 2 is 2.00 bits per heavy atom. The third-order valence-corrected chi connectivity index (χ3v) is 5.62. The summed E-state index contributed by atoms with van der Waals surface area (Å²) in [6.45, 7) is 1.39. The van der Waals surface area contributed by atoms with Gasteiger partial charge in [0, 0.05) is 27.9 Å². The van der Waals surface area contributed by atoms with Crippen LogP contribution in [0.4, 0.5) is 4.79 Å². The van der Waals surface area contributed by atoms with Crippen LogP contribution in [0.2, 0.25) is 0 Å². The van der Waals surface area contributed by atoms with E-state index in [2.05, 4.69) is 26.0 Å². The Hall–Kier alpha value is -3.62. The summed E-state index contributed by atoms with van der Waals surface area (Å²) in [5.41, 5.74) is 10.8. The number of rotatable bonds is 4. The minimum atomic E-state index is -1.36. The van der Waals surface area contributed by atoms with Gasteiger partial charge in [-0.2, -0.15) is 0 Å². The van der Waals surface area contributed by atoms with E-state index in [0.29, 0.717) is 16.5 Å². The average molecular weight is 482 g/mol. The Morgan fingerprint density at radius 1 is 1.26 bits per heavy atom. The molecule has 9 nitrogen and oxygen atoms in total. The van der Waals surface area contributed by atoms with Crippen molar-refractivity contribution >= 4 is 44.7 Å². The molecule has 0 N–H and O–H groups in total. The van der Waals surface area contributed by atoms with E-state index in [4.69, 9.17) is 10.3 Å². The molecule has 0 radical (unpaired) electrons. The number of hydrogen-bond donors (Lipinski definition) is 0. The molecule has 31 heavy (non-hydrogen) atoms. The Kier molecular flexibility index (Phi) is 5.50. The van der Waals surface area contributed by atoms with E-state index in [-0.39, 0.29) is 12.5 Å². The zero-order valence-electron chi connectivity index (χ0n) is 16.3. The normalized spacial score (nSPS) is 16.6. The Bertz CT molecular complexity index is 1250. The molecule has 156 valence electrons. The summed E-state index contributed by atoms with van der Waals surface area (Å²) in [6, 6.07) is 12.2. The van der Waals surface area contributed by atoms with Gasteiger partial charge in [0.25, 0.3) is 0 Å². The van der Waals surface area contributed by atoms with Gasteiger partial charge in [-0.25, -0.2) is 9.69 Å². The number of carbonyl (C=O) groups excluding carboxylic acids is 3. The molecule has 1 fully saturated rings. The van der Waals surface area contributed by atoms with Gasteiger partial charge in [-0.05, 0) is 28.8 Å². The number of amides is 2. The highest BCUT2D eigenvalue weighted by atomic mass is 79.9. The molecule has 1 aliphatic heterocycles. The number of aromatic nitrogens is 1. The van der Waals surface area contributed by atoms with Crippen molar-refractivity contribution in [2.24, 2.45) is 5.11 Å². The number of carbonyl (C=O) groups is 3. The summed E-state index contributed by atoms with van der Waals surface area (Å²) in [6.07, 6.45) is 0.658. The average Bonchev–Trinajstić information content (AvgIpc) is 3.32. The first-order valence-electron chi connectivity index (χ1n) is 9.32. The van der Waals surface area contributed by atoms with Crippen LogP contribution in [0.5, 0.6) is 0 Å². The highest BCUT2D eigenvalue weighted by Crippen LogP contribution is 2.36. The summed E-state index contributed by atoms with van der Waals surface area (Å²) in [5, 5.41) is 4.25. The Morgan fingerprint density at radius 3 is 2.68 bits per heavy atom.